The van der Waals surface area contributed by atoms with Crippen LogP contribution in [0, 0.1) is 0 Å². The van der Waals surface area contributed by atoms with Crippen LogP contribution in [0.3, 0.4) is 0 Å². The number of carboxylic acids is 1. The van der Waals surface area contributed by atoms with E-state index in [1.807, 2.05) is 32.0 Å². The highest BCUT2D eigenvalue weighted by Gasteiger charge is 2.20. The fraction of sp³-hybridized carbons (Fsp3) is 0.150. The lowest BCUT2D eigenvalue weighted by atomic mass is 9.99. The van der Waals surface area contributed by atoms with Crippen molar-refractivity contribution in [2.45, 2.75) is 19.9 Å². The van der Waals surface area contributed by atoms with Crippen molar-refractivity contribution in [3.63, 3.8) is 0 Å². The molecule has 0 unspecified atom stereocenters. The standard InChI is InChI=1S/C20H17N3O4/c1-12(2)23-18(25)9-8-16(22-23)14-10-15(20(26)27)17(11-24)21-19(14)13-6-4-3-5-7-13/h3-12H,1-2H3,(H,26,27). The van der Waals surface area contributed by atoms with Gasteiger partial charge >= 0.3 is 5.97 Å². The second-order valence-corrected chi connectivity index (χ2v) is 6.20. The lowest BCUT2D eigenvalue weighted by Crippen LogP contribution is -2.24. The second-order valence-electron chi connectivity index (χ2n) is 6.20. The van der Waals surface area contributed by atoms with Crippen LogP contribution in [-0.2, 0) is 0 Å². The van der Waals surface area contributed by atoms with Gasteiger partial charge in [-0.15, -0.1) is 0 Å². The summed E-state index contributed by atoms with van der Waals surface area (Å²) in [5.41, 5.74) is 1.31. The molecule has 0 atom stereocenters. The van der Waals surface area contributed by atoms with Gasteiger partial charge in [0.15, 0.2) is 6.29 Å². The molecule has 0 bridgehead atoms. The third-order valence-corrected chi connectivity index (χ3v) is 4.03. The van der Waals surface area contributed by atoms with Gasteiger partial charge in [0.25, 0.3) is 5.56 Å². The van der Waals surface area contributed by atoms with E-state index in [0.29, 0.717) is 28.8 Å². The van der Waals surface area contributed by atoms with Crippen LogP contribution in [0.1, 0.15) is 40.7 Å². The maximum atomic E-state index is 12.0. The molecule has 0 saturated carbocycles. The predicted molar refractivity (Wildman–Crippen MR) is 99.9 cm³/mol. The molecule has 0 radical (unpaired) electrons. The number of carbonyl (C=O) groups is 2. The number of aromatic nitrogens is 3. The average Bonchev–Trinajstić information content (AvgIpc) is 2.67. The molecule has 3 aromatic rings. The van der Waals surface area contributed by atoms with Crippen molar-refractivity contribution in [2.24, 2.45) is 0 Å². The number of carboxylic acid groups (broad SMARTS) is 1. The Hall–Kier alpha value is -3.61. The van der Waals surface area contributed by atoms with E-state index >= 15 is 0 Å². The van der Waals surface area contributed by atoms with Gasteiger partial charge in [-0.3, -0.25) is 9.59 Å². The summed E-state index contributed by atoms with van der Waals surface area (Å²) in [4.78, 5) is 39.2. The maximum absolute atomic E-state index is 12.0. The first-order valence-corrected chi connectivity index (χ1v) is 8.31. The van der Waals surface area contributed by atoms with E-state index < -0.39 is 5.97 Å². The number of rotatable bonds is 5. The Morgan fingerprint density at radius 1 is 1.15 bits per heavy atom. The fourth-order valence-corrected chi connectivity index (χ4v) is 2.74. The lowest BCUT2D eigenvalue weighted by molar-refractivity contribution is 0.0693. The summed E-state index contributed by atoms with van der Waals surface area (Å²) < 4.78 is 1.32. The number of carbonyl (C=O) groups excluding carboxylic acids is 1. The molecule has 1 N–H and O–H groups in total. The Kier molecular flexibility index (Phi) is 4.94. The number of aldehydes is 1. The van der Waals surface area contributed by atoms with Gasteiger partial charge in [0, 0.05) is 17.2 Å². The summed E-state index contributed by atoms with van der Waals surface area (Å²) in [5.74, 6) is -1.26. The summed E-state index contributed by atoms with van der Waals surface area (Å²) in [7, 11) is 0. The molecule has 7 heteroatoms. The number of benzene rings is 1. The Balaban J connectivity index is 2.35. The lowest BCUT2D eigenvalue weighted by Gasteiger charge is -2.14. The fourth-order valence-electron chi connectivity index (χ4n) is 2.74. The predicted octanol–water partition coefficient (Wildman–Crippen LogP) is 3.06. The molecule has 7 nitrogen and oxygen atoms in total. The number of hydrogen-bond donors (Lipinski definition) is 1. The van der Waals surface area contributed by atoms with Gasteiger partial charge in [0.2, 0.25) is 0 Å². The molecule has 0 spiro atoms. The van der Waals surface area contributed by atoms with E-state index in [4.69, 9.17) is 0 Å². The van der Waals surface area contributed by atoms with Crippen LogP contribution in [0.4, 0.5) is 0 Å². The molecule has 0 saturated heterocycles. The number of aromatic carboxylic acids is 1. The largest absolute Gasteiger partial charge is 0.478 e. The Morgan fingerprint density at radius 3 is 2.44 bits per heavy atom. The minimum atomic E-state index is -1.26. The Bertz CT molecular complexity index is 1070. The maximum Gasteiger partial charge on any atom is 0.338 e. The van der Waals surface area contributed by atoms with Gasteiger partial charge in [-0.1, -0.05) is 30.3 Å². The Labute approximate surface area is 154 Å². The van der Waals surface area contributed by atoms with Crippen molar-refractivity contribution < 1.29 is 14.7 Å². The molecule has 0 fully saturated rings. The summed E-state index contributed by atoms with van der Waals surface area (Å²) >= 11 is 0. The summed E-state index contributed by atoms with van der Waals surface area (Å²) in [6.45, 7) is 3.65. The van der Waals surface area contributed by atoms with Crippen LogP contribution in [0.5, 0.6) is 0 Å². The second kappa shape index (κ2) is 7.33. The van der Waals surface area contributed by atoms with E-state index in [1.54, 1.807) is 12.1 Å². The molecule has 27 heavy (non-hydrogen) atoms. The molecule has 2 heterocycles. The molecular weight excluding hydrogens is 346 g/mol. The van der Waals surface area contributed by atoms with Gasteiger partial charge in [-0.2, -0.15) is 5.10 Å². The molecule has 0 aliphatic carbocycles. The van der Waals surface area contributed by atoms with Gasteiger partial charge < -0.3 is 5.11 Å². The highest BCUT2D eigenvalue weighted by Crippen LogP contribution is 2.31. The first-order chi connectivity index (χ1) is 12.9. The first-order valence-electron chi connectivity index (χ1n) is 8.31. The molecule has 136 valence electrons. The SMILES string of the molecule is CC(C)n1nc(-c2cc(C(=O)O)c(C=O)nc2-c2ccccc2)ccc1=O. The van der Waals surface area contributed by atoms with Crippen molar-refractivity contribution >= 4 is 12.3 Å². The van der Waals surface area contributed by atoms with Gasteiger partial charge in [-0.05, 0) is 26.0 Å². The molecule has 0 amide bonds. The summed E-state index contributed by atoms with van der Waals surface area (Å²) in [6, 6.07) is 13.2. The highest BCUT2D eigenvalue weighted by molar-refractivity contribution is 5.99. The monoisotopic (exact) mass is 363 g/mol. The van der Waals surface area contributed by atoms with Gasteiger partial charge in [-0.25, -0.2) is 14.5 Å². The zero-order valence-corrected chi connectivity index (χ0v) is 14.8. The van der Waals surface area contributed by atoms with E-state index in [2.05, 4.69) is 10.1 Å². The van der Waals surface area contributed by atoms with Crippen LogP contribution in [0.2, 0.25) is 0 Å². The quantitative estimate of drug-likeness (QED) is 0.699. The molecular formula is C20H17N3O4. The van der Waals surface area contributed by atoms with Crippen LogP contribution in [-0.4, -0.2) is 32.1 Å². The third kappa shape index (κ3) is 3.52. The smallest absolute Gasteiger partial charge is 0.338 e. The van der Waals surface area contributed by atoms with Crippen molar-refractivity contribution in [2.75, 3.05) is 0 Å². The normalized spacial score (nSPS) is 10.8. The van der Waals surface area contributed by atoms with Crippen molar-refractivity contribution in [3.8, 4) is 22.5 Å². The van der Waals surface area contributed by atoms with Crippen molar-refractivity contribution in [3.05, 3.63) is 70.1 Å². The highest BCUT2D eigenvalue weighted by atomic mass is 16.4. The zero-order chi connectivity index (χ0) is 19.6. The Morgan fingerprint density at radius 2 is 1.85 bits per heavy atom. The van der Waals surface area contributed by atoms with Crippen molar-refractivity contribution in [1.82, 2.24) is 14.8 Å². The van der Waals surface area contributed by atoms with Crippen LogP contribution >= 0.6 is 0 Å². The minimum Gasteiger partial charge on any atom is -0.478 e. The number of pyridine rings is 1. The zero-order valence-electron chi connectivity index (χ0n) is 14.8. The van der Waals surface area contributed by atoms with E-state index in [9.17, 15) is 19.5 Å². The summed E-state index contributed by atoms with van der Waals surface area (Å²) in [5, 5.41) is 13.8. The topological polar surface area (TPSA) is 102 Å². The van der Waals surface area contributed by atoms with Crippen molar-refractivity contribution in [1.29, 1.82) is 0 Å². The molecule has 1 aromatic carbocycles. The van der Waals surface area contributed by atoms with E-state index in [1.165, 1.54) is 22.9 Å². The van der Waals surface area contributed by atoms with Gasteiger partial charge in [0.05, 0.1) is 23.0 Å². The van der Waals surface area contributed by atoms with Crippen LogP contribution < -0.4 is 5.56 Å². The molecule has 0 aliphatic heterocycles. The average molecular weight is 363 g/mol. The number of hydrogen-bond acceptors (Lipinski definition) is 5. The molecule has 3 rings (SSSR count). The van der Waals surface area contributed by atoms with E-state index in [-0.39, 0.29) is 22.9 Å². The summed E-state index contributed by atoms with van der Waals surface area (Å²) in [6.07, 6.45) is 0.419. The third-order valence-electron chi connectivity index (χ3n) is 4.03. The molecule has 0 aliphatic rings. The van der Waals surface area contributed by atoms with E-state index in [0.717, 1.165) is 0 Å². The van der Waals surface area contributed by atoms with Crippen LogP contribution in [0.15, 0.2) is 53.3 Å². The molecule has 2 aromatic heterocycles. The van der Waals surface area contributed by atoms with Gasteiger partial charge in [0.1, 0.15) is 5.69 Å². The first kappa shape index (κ1) is 18.2. The van der Waals surface area contributed by atoms with Crippen LogP contribution in [0.25, 0.3) is 22.5 Å². The number of nitrogens with zero attached hydrogens (tertiary/aromatic N) is 3. The minimum absolute atomic E-state index is 0.165.